The summed E-state index contributed by atoms with van der Waals surface area (Å²) in [5.74, 6) is 0. The van der Waals surface area contributed by atoms with Gasteiger partial charge < -0.3 is 20.1 Å². The Kier molecular flexibility index (Phi) is 7.05. The number of carbonyl (C=O) groups excluding carboxylic acids is 1. The van der Waals surface area contributed by atoms with E-state index in [9.17, 15) is 4.79 Å². The van der Waals surface area contributed by atoms with E-state index < -0.39 is 0 Å². The third-order valence-electron chi connectivity index (χ3n) is 3.54. The van der Waals surface area contributed by atoms with Crippen molar-refractivity contribution in [1.82, 2.24) is 10.2 Å². The lowest BCUT2D eigenvalue weighted by Crippen LogP contribution is -2.52. The Bertz CT molecular complexity index is 246. The predicted molar refractivity (Wildman–Crippen MR) is 70.5 cm³/mol. The zero-order chi connectivity index (χ0) is 13.4. The number of rotatable bonds is 6. The summed E-state index contributed by atoms with van der Waals surface area (Å²) in [6, 6.07) is 0.236. The maximum atomic E-state index is 12.2. The maximum absolute atomic E-state index is 12.2. The fourth-order valence-corrected chi connectivity index (χ4v) is 2.44. The van der Waals surface area contributed by atoms with Crippen LogP contribution in [0.4, 0.5) is 4.79 Å². The fraction of sp³-hybridized carbons (Fsp3) is 0.923. The van der Waals surface area contributed by atoms with E-state index in [0.29, 0.717) is 13.0 Å². The van der Waals surface area contributed by atoms with Crippen LogP contribution in [0.15, 0.2) is 0 Å². The number of nitrogens with one attached hydrogen (secondary N) is 1. The molecule has 0 radical (unpaired) electrons. The highest BCUT2D eigenvalue weighted by Crippen LogP contribution is 2.19. The molecule has 1 saturated heterocycles. The Hall–Kier alpha value is -0.810. The SMILES string of the molecule is CCC(COC)NC(=O)N1CCCCC1CCO. The van der Waals surface area contributed by atoms with Crippen molar-refractivity contribution in [2.75, 3.05) is 26.9 Å². The van der Waals surface area contributed by atoms with Crippen LogP contribution in [-0.2, 0) is 4.74 Å². The van der Waals surface area contributed by atoms with Crippen molar-refractivity contribution >= 4 is 6.03 Å². The second-order valence-electron chi connectivity index (χ2n) is 4.87. The highest BCUT2D eigenvalue weighted by Gasteiger charge is 2.27. The first kappa shape index (κ1) is 15.2. The molecule has 5 nitrogen and oxygen atoms in total. The van der Waals surface area contributed by atoms with Gasteiger partial charge in [0, 0.05) is 26.3 Å². The van der Waals surface area contributed by atoms with Crippen molar-refractivity contribution in [1.29, 1.82) is 0 Å². The number of methoxy groups -OCH3 is 1. The average Bonchev–Trinajstić information content (AvgIpc) is 2.39. The molecule has 5 heteroatoms. The number of likely N-dealkylation sites (tertiary alicyclic amines) is 1. The molecule has 1 heterocycles. The molecule has 2 unspecified atom stereocenters. The molecule has 0 aliphatic carbocycles. The zero-order valence-corrected chi connectivity index (χ0v) is 11.5. The number of aliphatic hydroxyl groups excluding tert-OH is 1. The summed E-state index contributed by atoms with van der Waals surface area (Å²) < 4.78 is 5.08. The van der Waals surface area contributed by atoms with Gasteiger partial charge >= 0.3 is 6.03 Å². The van der Waals surface area contributed by atoms with Crippen LogP contribution in [0.25, 0.3) is 0 Å². The summed E-state index contributed by atoms with van der Waals surface area (Å²) >= 11 is 0. The average molecular weight is 258 g/mol. The van der Waals surface area contributed by atoms with Crippen LogP contribution < -0.4 is 5.32 Å². The Labute approximate surface area is 109 Å². The Morgan fingerprint density at radius 1 is 1.56 bits per heavy atom. The van der Waals surface area contributed by atoms with Gasteiger partial charge in [-0.15, -0.1) is 0 Å². The number of hydrogen-bond donors (Lipinski definition) is 2. The number of carbonyl (C=O) groups is 1. The molecule has 0 bridgehead atoms. The number of amides is 2. The van der Waals surface area contributed by atoms with Crippen LogP contribution >= 0.6 is 0 Å². The molecule has 2 amide bonds. The van der Waals surface area contributed by atoms with E-state index in [4.69, 9.17) is 9.84 Å². The molecule has 0 aromatic carbocycles. The molecular formula is C13H26N2O3. The lowest BCUT2D eigenvalue weighted by atomic mass is 10.00. The topological polar surface area (TPSA) is 61.8 Å². The van der Waals surface area contributed by atoms with E-state index >= 15 is 0 Å². The summed E-state index contributed by atoms with van der Waals surface area (Å²) in [6.45, 7) is 3.51. The molecule has 1 rings (SSSR count). The lowest BCUT2D eigenvalue weighted by Gasteiger charge is -2.36. The first-order valence-electron chi connectivity index (χ1n) is 6.89. The van der Waals surface area contributed by atoms with E-state index in [1.165, 1.54) is 0 Å². The highest BCUT2D eigenvalue weighted by atomic mass is 16.5. The van der Waals surface area contributed by atoms with Crippen molar-refractivity contribution in [3.05, 3.63) is 0 Å². The van der Waals surface area contributed by atoms with Crippen molar-refractivity contribution < 1.29 is 14.6 Å². The minimum atomic E-state index is -0.0166. The van der Waals surface area contributed by atoms with E-state index in [1.807, 2.05) is 11.8 Å². The summed E-state index contributed by atoms with van der Waals surface area (Å²) in [7, 11) is 1.64. The molecule has 0 spiro atoms. The van der Waals surface area contributed by atoms with Gasteiger partial charge in [-0.05, 0) is 32.1 Å². The monoisotopic (exact) mass is 258 g/mol. The third-order valence-corrected chi connectivity index (χ3v) is 3.54. The Morgan fingerprint density at radius 2 is 2.33 bits per heavy atom. The number of hydrogen-bond acceptors (Lipinski definition) is 3. The highest BCUT2D eigenvalue weighted by molar-refractivity contribution is 5.75. The molecule has 2 atom stereocenters. The molecule has 1 aliphatic heterocycles. The van der Waals surface area contributed by atoms with E-state index in [1.54, 1.807) is 7.11 Å². The van der Waals surface area contributed by atoms with Crippen LogP contribution in [0.1, 0.15) is 39.0 Å². The van der Waals surface area contributed by atoms with Crippen LogP contribution in [0.3, 0.4) is 0 Å². The molecule has 0 aromatic rings. The van der Waals surface area contributed by atoms with E-state index in [-0.39, 0.29) is 24.7 Å². The van der Waals surface area contributed by atoms with Gasteiger partial charge in [0.05, 0.1) is 12.6 Å². The van der Waals surface area contributed by atoms with Gasteiger partial charge in [0.25, 0.3) is 0 Å². The molecule has 2 N–H and O–H groups in total. The first-order valence-corrected chi connectivity index (χ1v) is 6.89. The summed E-state index contributed by atoms with van der Waals surface area (Å²) in [6.07, 6.45) is 4.72. The number of piperidine rings is 1. The molecule has 0 aromatic heterocycles. The Balaban J connectivity index is 2.51. The molecular weight excluding hydrogens is 232 g/mol. The van der Waals surface area contributed by atoms with Crippen molar-refractivity contribution in [3.8, 4) is 0 Å². The molecule has 106 valence electrons. The number of aliphatic hydroxyl groups is 1. The molecule has 0 saturated carbocycles. The lowest BCUT2D eigenvalue weighted by molar-refractivity contribution is 0.119. The largest absolute Gasteiger partial charge is 0.396 e. The van der Waals surface area contributed by atoms with Gasteiger partial charge in [0.1, 0.15) is 0 Å². The van der Waals surface area contributed by atoms with Crippen LogP contribution in [-0.4, -0.2) is 55.0 Å². The van der Waals surface area contributed by atoms with Crippen LogP contribution in [0, 0.1) is 0 Å². The summed E-state index contributed by atoms with van der Waals surface area (Å²) in [5, 5.41) is 12.1. The van der Waals surface area contributed by atoms with Crippen LogP contribution in [0.2, 0.25) is 0 Å². The van der Waals surface area contributed by atoms with Gasteiger partial charge in [-0.1, -0.05) is 6.92 Å². The molecule has 18 heavy (non-hydrogen) atoms. The standard InChI is InChI=1S/C13H26N2O3/c1-3-11(10-18-2)14-13(17)15-8-5-4-6-12(15)7-9-16/h11-12,16H,3-10H2,1-2H3,(H,14,17). The van der Waals surface area contributed by atoms with Gasteiger partial charge in [0.15, 0.2) is 0 Å². The van der Waals surface area contributed by atoms with Gasteiger partial charge in [0.2, 0.25) is 0 Å². The normalized spacial score (nSPS) is 21.7. The molecule has 1 aliphatic rings. The maximum Gasteiger partial charge on any atom is 0.317 e. The Morgan fingerprint density at radius 3 is 2.94 bits per heavy atom. The second kappa shape index (κ2) is 8.32. The minimum absolute atomic E-state index is 0.0166. The van der Waals surface area contributed by atoms with Crippen molar-refractivity contribution in [3.63, 3.8) is 0 Å². The van der Waals surface area contributed by atoms with Gasteiger partial charge in [-0.3, -0.25) is 0 Å². The van der Waals surface area contributed by atoms with E-state index in [0.717, 1.165) is 32.2 Å². The summed E-state index contributed by atoms with van der Waals surface area (Å²) in [5.41, 5.74) is 0. The van der Waals surface area contributed by atoms with Gasteiger partial charge in [-0.25, -0.2) is 4.79 Å². The minimum Gasteiger partial charge on any atom is -0.396 e. The summed E-state index contributed by atoms with van der Waals surface area (Å²) in [4.78, 5) is 14.1. The van der Waals surface area contributed by atoms with Crippen molar-refractivity contribution in [2.45, 2.75) is 51.1 Å². The third kappa shape index (κ3) is 4.46. The number of urea groups is 1. The van der Waals surface area contributed by atoms with E-state index in [2.05, 4.69) is 5.32 Å². The quantitative estimate of drug-likeness (QED) is 0.756. The second-order valence-corrected chi connectivity index (χ2v) is 4.87. The predicted octanol–water partition coefficient (Wildman–Crippen LogP) is 1.36. The first-order chi connectivity index (χ1) is 8.72. The zero-order valence-electron chi connectivity index (χ0n) is 11.5. The molecule has 1 fully saturated rings. The van der Waals surface area contributed by atoms with Crippen LogP contribution in [0.5, 0.6) is 0 Å². The van der Waals surface area contributed by atoms with Gasteiger partial charge in [-0.2, -0.15) is 0 Å². The smallest absolute Gasteiger partial charge is 0.317 e. The van der Waals surface area contributed by atoms with Crippen molar-refractivity contribution in [2.24, 2.45) is 0 Å². The fourth-order valence-electron chi connectivity index (χ4n) is 2.44. The number of nitrogens with zero attached hydrogens (tertiary/aromatic N) is 1. The number of ether oxygens (including phenoxy) is 1.